The fourth-order valence-corrected chi connectivity index (χ4v) is 4.60. The number of carbonyl (C=O) groups is 1. The maximum absolute atomic E-state index is 12.5. The summed E-state index contributed by atoms with van der Waals surface area (Å²) in [6.45, 7) is 4.25. The molecule has 3 heterocycles. The Hall–Kier alpha value is -1.75. The lowest BCUT2D eigenvalue weighted by atomic mass is 9.90. The Labute approximate surface area is 137 Å². The molecular weight excluding hydrogens is 290 g/mol. The third-order valence-electron chi connectivity index (χ3n) is 5.75. The molecule has 3 fully saturated rings. The lowest BCUT2D eigenvalue weighted by molar-refractivity contribution is 0.157. The molecule has 0 radical (unpaired) electrons. The average molecular weight is 315 g/mol. The Morgan fingerprint density at radius 1 is 1.17 bits per heavy atom. The Balaban J connectivity index is 1.37. The van der Waals surface area contributed by atoms with Crippen molar-refractivity contribution < 1.29 is 9.53 Å². The van der Waals surface area contributed by atoms with Crippen LogP contribution in [0.15, 0.2) is 24.3 Å². The van der Waals surface area contributed by atoms with Crippen LogP contribution in [0.3, 0.4) is 0 Å². The van der Waals surface area contributed by atoms with Crippen molar-refractivity contribution >= 4 is 11.7 Å². The van der Waals surface area contributed by atoms with Crippen molar-refractivity contribution in [1.82, 2.24) is 9.80 Å². The number of likely N-dealkylation sites (tertiary alicyclic amines) is 1. The summed E-state index contributed by atoms with van der Waals surface area (Å²) in [6.07, 6.45) is 4.01. The van der Waals surface area contributed by atoms with Crippen LogP contribution in [-0.4, -0.2) is 55.2 Å². The molecule has 0 saturated carbocycles. The highest BCUT2D eigenvalue weighted by Crippen LogP contribution is 2.40. The molecule has 0 unspecified atom stereocenters. The minimum absolute atomic E-state index is 0.0342. The minimum atomic E-state index is 0.0342. The molecule has 1 N–H and O–H groups in total. The molecule has 3 aliphatic rings. The van der Waals surface area contributed by atoms with Gasteiger partial charge in [0.1, 0.15) is 5.75 Å². The van der Waals surface area contributed by atoms with E-state index in [0.717, 1.165) is 24.5 Å². The first-order valence-electron chi connectivity index (χ1n) is 8.68. The minimum Gasteiger partial charge on any atom is -0.497 e. The van der Waals surface area contributed by atoms with Crippen molar-refractivity contribution in [2.45, 2.75) is 25.3 Å². The van der Waals surface area contributed by atoms with Gasteiger partial charge >= 0.3 is 6.03 Å². The van der Waals surface area contributed by atoms with Gasteiger partial charge in [-0.3, -0.25) is 4.90 Å². The Morgan fingerprint density at radius 2 is 2.00 bits per heavy atom. The van der Waals surface area contributed by atoms with E-state index in [1.165, 1.54) is 32.4 Å². The van der Waals surface area contributed by atoms with Crippen molar-refractivity contribution in [3.63, 3.8) is 0 Å². The average Bonchev–Trinajstić information content (AvgIpc) is 3.13. The molecule has 5 heteroatoms. The molecule has 5 nitrogen and oxygen atoms in total. The van der Waals surface area contributed by atoms with E-state index < -0.39 is 0 Å². The molecule has 4 rings (SSSR count). The van der Waals surface area contributed by atoms with Gasteiger partial charge < -0.3 is 15.0 Å². The zero-order chi connectivity index (χ0) is 15.8. The highest BCUT2D eigenvalue weighted by Gasteiger charge is 2.48. The number of fused-ring (bicyclic) bond motifs is 3. The molecule has 1 aromatic rings. The number of ether oxygens (including phenoxy) is 1. The first-order chi connectivity index (χ1) is 11.2. The van der Waals surface area contributed by atoms with Crippen molar-refractivity contribution in [1.29, 1.82) is 0 Å². The van der Waals surface area contributed by atoms with Crippen LogP contribution < -0.4 is 10.1 Å². The number of anilines is 1. The van der Waals surface area contributed by atoms with Crippen LogP contribution >= 0.6 is 0 Å². The molecule has 23 heavy (non-hydrogen) atoms. The quantitative estimate of drug-likeness (QED) is 0.912. The van der Waals surface area contributed by atoms with Gasteiger partial charge in [0.05, 0.1) is 7.11 Å². The van der Waals surface area contributed by atoms with Crippen molar-refractivity contribution in [2.75, 3.05) is 38.6 Å². The molecule has 0 spiro atoms. The monoisotopic (exact) mass is 315 g/mol. The lowest BCUT2D eigenvalue weighted by Gasteiger charge is -2.33. The van der Waals surface area contributed by atoms with E-state index >= 15 is 0 Å². The fraction of sp³-hybridized carbons (Fsp3) is 0.611. The summed E-state index contributed by atoms with van der Waals surface area (Å²) < 4.78 is 5.15. The molecule has 2 amide bonds. The van der Waals surface area contributed by atoms with Gasteiger partial charge in [0.15, 0.2) is 0 Å². The predicted molar refractivity (Wildman–Crippen MR) is 89.8 cm³/mol. The number of hydrogen-bond acceptors (Lipinski definition) is 3. The first kappa shape index (κ1) is 14.8. The molecular formula is C18H25N3O2. The number of nitrogens with zero attached hydrogens (tertiary/aromatic N) is 2. The van der Waals surface area contributed by atoms with Gasteiger partial charge in [-0.15, -0.1) is 0 Å². The van der Waals surface area contributed by atoms with Crippen molar-refractivity contribution in [3.05, 3.63) is 24.3 Å². The summed E-state index contributed by atoms with van der Waals surface area (Å²) in [4.78, 5) is 17.2. The van der Waals surface area contributed by atoms with Crippen LogP contribution in [0.25, 0.3) is 0 Å². The van der Waals surface area contributed by atoms with Gasteiger partial charge in [-0.05, 0) is 55.5 Å². The van der Waals surface area contributed by atoms with E-state index in [2.05, 4.69) is 10.2 Å². The van der Waals surface area contributed by atoms with Crippen LogP contribution in [0, 0.1) is 11.8 Å². The normalized spacial score (nSPS) is 30.0. The molecule has 3 saturated heterocycles. The summed E-state index contributed by atoms with van der Waals surface area (Å²) in [5.41, 5.74) is 0.826. The molecule has 124 valence electrons. The van der Waals surface area contributed by atoms with Crippen molar-refractivity contribution in [2.24, 2.45) is 11.8 Å². The molecule has 0 aliphatic carbocycles. The van der Waals surface area contributed by atoms with Crippen LogP contribution in [-0.2, 0) is 0 Å². The summed E-state index contributed by atoms with van der Waals surface area (Å²) in [5.74, 6) is 2.15. The van der Waals surface area contributed by atoms with Crippen LogP contribution in [0.1, 0.15) is 19.3 Å². The van der Waals surface area contributed by atoms with E-state index in [0.29, 0.717) is 17.9 Å². The van der Waals surface area contributed by atoms with E-state index in [1.807, 2.05) is 29.2 Å². The number of hydrogen-bond donors (Lipinski definition) is 1. The third-order valence-corrected chi connectivity index (χ3v) is 5.75. The zero-order valence-corrected chi connectivity index (χ0v) is 13.7. The second-order valence-electron chi connectivity index (χ2n) is 7.05. The van der Waals surface area contributed by atoms with E-state index in [9.17, 15) is 4.79 Å². The van der Waals surface area contributed by atoms with Gasteiger partial charge in [0, 0.05) is 31.4 Å². The third kappa shape index (κ3) is 2.78. The fourth-order valence-electron chi connectivity index (χ4n) is 4.60. The largest absolute Gasteiger partial charge is 0.497 e. The van der Waals surface area contributed by atoms with Crippen LogP contribution in [0.5, 0.6) is 5.75 Å². The first-order valence-corrected chi connectivity index (χ1v) is 8.68. The summed E-state index contributed by atoms with van der Waals surface area (Å²) in [7, 11) is 1.64. The SMILES string of the molecule is COc1ccc(NC(=O)N2C[C@@H]3CN4CCCC[C@H]4[C@@H]3C2)cc1. The number of rotatable bonds is 2. The second-order valence-corrected chi connectivity index (χ2v) is 7.05. The number of urea groups is 1. The van der Waals surface area contributed by atoms with Crippen LogP contribution in [0.2, 0.25) is 0 Å². The maximum atomic E-state index is 12.5. The second kappa shape index (κ2) is 6.04. The number of methoxy groups -OCH3 is 1. The highest BCUT2D eigenvalue weighted by molar-refractivity contribution is 5.89. The number of nitrogens with one attached hydrogen (secondary N) is 1. The van der Waals surface area contributed by atoms with Crippen molar-refractivity contribution in [3.8, 4) is 5.75 Å². The van der Waals surface area contributed by atoms with Gasteiger partial charge in [-0.2, -0.15) is 0 Å². The predicted octanol–water partition coefficient (Wildman–Crippen LogP) is 2.64. The molecule has 3 atom stereocenters. The lowest BCUT2D eigenvalue weighted by Crippen LogP contribution is -2.41. The summed E-state index contributed by atoms with van der Waals surface area (Å²) in [6, 6.07) is 8.26. The number of amides is 2. The van der Waals surface area contributed by atoms with Gasteiger partial charge in [-0.1, -0.05) is 6.42 Å². The topological polar surface area (TPSA) is 44.8 Å². The van der Waals surface area contributed by atoms with Gasteiger partial charge in [-0.25, -0.2) is 4.79 Å². The maximum Gasteiger partial charge on any atom is 0.321 e. The van der Waals surface area contributed by atoms with Gasteiger partial charge in [0.2, 0.25) is 0 Å². The summed E-state index contributed by atoms with van der Waals surface area (Å²) in [5, 5.41) is 3.01. The van der Waals surface area contributed by atoms with E-state index in [-0.39, 0.29) is 6.03 Å². The Kier molecular flexibility index (Phi) is 3.89. The molecule has 3 aliphatic heterocycles. The van der Waals surface area contributed by atoms with E-state index in [4.69, 9.17) is 4.74 Å². The number of carbonyl (C=O) groups excluding carboxylic acids is 1. The van der Waals surface area contributed by atoms with Crippen LogP contribution in [0.4, 0.5) is 10.5 Å². The Morgan fingerprint density at radius 3 is 2.78 bits per heavy atom. The van der Waals surface area contributed by atoms with E-state index in [1.54, 1.807) is 7.11 Å². The highest BCUT2D eigenvalue weighted by atomic mass is 16.5. The molecule has 0 bridgehead atoms. The molecule has 0 aromatic heterocycles. The zero-order valence-electron chi connectivity index (χ0n) is 13.7. The smallest absolute Gasteiger partial charge is 0.321 e. The number of piperidine rings is 1. The summed E-state index contributed by atoms with van der Waals surface area (Å²) >= 11 is 0. The standard InChI is InChI=1S/C18H25N3O2/c1-23-15-7-5-14(6-8-15)19-18(22)21-11-13-10-20-9-3-2-4-17(20)16(13)12-21/h5-8,13,16-17H,2-4,9-12H2,1H3,(H,19,22)/t13-,16+,17-/m0/s1. The Bertz CT molecular complexity index is 574. The van der Waals surface area contributed by atoms with Gasteiger partial charge in [0.25, 0.3) is 0 Å². The molecule has 1 aromatic carbocycles. The number of benzene rings is 1.